The summed E-state index contributed by atoms with van der Waals surface area (Å²) in [7, 11) is 0. The minimum Gasteiger partial charge on any atom is -0.300 e. The Labute approximate surface area is 88.3 Å². The maximum absolute atomic E-state index is 2.77. The first-order chi connectivity index (χ1) is 6.85. The van der Waals surface area contributed by atoms with Crippen LogP contribution in [0.1, 0.15) is 39.5 Å². The normalized spacial score (nSPS) is 33.9. The molecule has 2 heteroatoms. The number of hydrogen-bond acceptors (Lipinski definition) is 2. The highest BCUT2D eigenvalue weighted by atomic mass is 15.3. The van der Waals surface area contributed by atoms with E-state index in [-0.39, 0.29) is 0 Å². The molecule has 2 atom stereocenters. The van der Waals surface area contributed by atoms with Gasteiger partial charge in [-0.25, -0.2) is 0 Å². The lowest BCUT2D eigenvalue weighted by Gasteiger charge is -2.41. The molecule has 2 heterocycles. The van der Waals surface area contributed by atoms with Crippen LogP contribution in [-0.2, 0) is 0 Å². The van der Waals surface area contributed by atoms with Gasteiger partial charge in [0.15, 0.2) is 0 Å². The Kier molecular flexibility index (Phi) is 3.45. The summed E-state index contributed by atoms with van der Waals surface area (Å²) in [5, 5.41) is 0. The standard InChI is InChI=1S/C12H24N2/c1-3-7-13-9-11-5-6-12(10-13)14(11)8-4-2/h11-12H,3-10H2,1-2H3/t11-,12?/m1/s1. The molecule has 0 aliphatic carbocycles. The molecule has 0 aromatic carbocycles. The predicted octanol–water partition coefficient (Wildman–Crippen LogP) is 1.96. The van der Waals surface area contributed by atoms with E-state index < -0.39 is 0 Å². The zero-order chi connectivity index (χ0) is 9.97. The van der Waals surface area contributed by atoms with Crippen LogP contribution in [0.15, 0.2) is 0 Å². The zero-order valence-corrected chi connectivity index (χ0v) is 9.71. The molecule has 0 N–H and O–H groups in total. The number of piperazine rings is 1. The highest BCUT2D eigenvalue weighted by Crippen LogP contribution is 2.29. The van der Waals surface area contributed by atoms with Crippen molar-refractivity contribution in [3.05, 3.63) is 0 Å². The molecule has 82 valence electrons. The van der Waals surface area contributed by atoms with Crippen LogP contribution in [-0.4, -0.2) is 48.1 Å². The Morgan fingerprint density at radius 1 is 0.929 bits per heavy atom. The summed E-state index contributed by atoms with van der Waals surface area (Å²) in [5.74, 6) is 0. The fraction of sp³-hybridized carbons (Fsp3) is 1.00. The largest absolute Gasteiger partial charge is 0.300 e. The molecule has 14 heavy (non-hydrogen) atoms. The first kappa shape index (κ1) is 10.4. The number of hydrogen-bond donors (Lipinski definition) is 0. The maximum atomic E-state index is 2.77. The molecule has 0 aromatic heterocycles. The van der Waals surface area contributed by atoms with Gasteiger partial charge in [-0.2, -0.15) is 0 Å². The molecule has 0 saturated carbocycles. The van der Waals surface area contributed by atoms with E-state index in [1.165, 1.54) is 51.9 Å². The molecule has 0 radical (unpaired) electrons. The molecular weight excluding hydrogens is 172 g/mol. The van der Waals surface area contributed by atoms with Gasteiger partial charge in [0.2, 0.25) is 0 Å². The fourth-order valence-corrected chi connectivity index (χ4v) is 3.20. The lowest BCUT2D eigenvalue weighted by molar-refractivity contribution is 0.0672. The van der Waals surface area contributed by atoms with Crippen molar-refractivity contribution in [2.24, 2.45) is 0 Å². The van der Waals surface area contributed by atoms with Crippen LogP contribution in [0.3, 0.4) is 0 Å². The summed E-state index contributed by atoms with van der Waals surface area (Å²) in [6.45, 7) is 9.91. The minimum absolute atomic E-state index is 0.889. The second-order valence-corrected chi connectivity index (χ2v) is 4.88. The lowest BCUT2D eigenvalue weighted by Crippen LogP contribution is -2.53. The van der Waals surface area contributed by atoms with Gasteiger partial charge in [-0.1, -0.05) is 13.8 Å². The summed E-state index contributed by atoms with van der Waals surface area (Å²) < 4.78 is 0. The Morgan fingerprint density at radius 3 is 2.00 bits per heavy atom. The average molecular weight is 196 g/mol. The van der Waals surface area contributed by atoms with Crippen molar-refractivity contribution < 1.29 is 0 Å². The third-order valence-corrected chi connectivity index (χ3v) is 3.73. The fourth-order valence-electron chi connectivity index (χ4n) is 3.20. The smallest absolute Gasteiger partial charge is 0.0227 e. The van der Waals surface area contributed by atoms with Crippen molar-refractivity contribution in [3.63, 3.8) is 0 Å². The van der Waals surface area contributed by atoms with Gasteiger partial charge >= 0.3 is 0 Å². The number of likely N-dealkylation sites (tertiary alicyclic amines) is 1. The van der Waals surface area contributed by atoms with Gasteiger partial charge in [0, 0.05) is 25.2 Å². The Bertz CT molecular complexity index is 167. The van der Waals surface area contributed by atoms with Gasteiger partial charge in [-0.05, 0) is 38.8 Å². The van der Waals surface area contributed by atoms with Crippen LogP contribution >= 0.6 is 0 Å². The highest BCUT2D eigenvalue weighted by Gasteiger charge is 2.38. The van der Waals surface area contributed by atoms with Crippen molar-refractivity contribution in [1.82, 2.24) is 9.80 Å². The minimum atomic E-state index is 0.889. The maximum Gasteiger partial charge on any atom is 0.0227 e. The molecule has 0 aromatic rings. The summed E-state index contributed by atoms with van der Waals surface area (Å²) in [4.78, 5) is 5.45. The summed E-state index contributed by atoms with van der Waals surface area (Å²) in [6.07, 6.45) is 5.53. The Morgan fingerprint density at radius 2 is 1.50 bits per heavy atom. The molecule has 0 amide bonds. The quantitative estimate of drug-likeness (QED) is 0.678. The van der Waals surface area contributed by atoms with E-state index in [2.05, 4.69) is 23.6 Å². The predicted molar refractivity (Wildman–Crippen MR) is 60.5 cm³/mol. The highest BCUT2D eigenvalue weighted by molar-refractivity contribution is 4.95. The molecule has 2 saturated heterocycles. The van der Waals surface area contributed by atoms with Crippen molar-refractivity contribution >= 4 is 0 Å². The third-order valence-electron chi connectivity index (χ3n) is 3.73. The van der Waals surface area contributed by atoms with Crippen LogP contribution in [0.2, 0.25) is 0 Å². The Balaban J connectivity index is 1.91. The zero-order valence-electron chi connectivity index (χ0n) is 9.71. The molecule has 2 rings (SSSR count). The van der Waals surface area contributed by atoms with Crippen LogP contribution in [0, 0.1) is 0 Å². The second-order valence-electron chi connectivity index (χ2n) is 4.88. The molecular formula is C12H24N2. The molecule has 0 spiro atoms. The first-order valence-corrected chi connectivity index (χ1v) is 6.33. The van der Waals surface area contributed by atoms with Crippen molar-refractivity contribution in [3.8, 4) is 0 Å². The van der Waals surface area contributed by atoms with Gasteiger partial charge in [-0.15, -0.1) is 0 Å². The summed E-state index contributed by atoms with van der Waals surface area (Å²) in [5.41, 5.74) is 0. The van der Waals surface area contributed by atoms with Gasteiger partial charge in [0.25, 0.3) is 0 Å². The van der Waals surface area contributed by atoms with Crippen LogP contribution < -0.4 is 0 Å². The van der Waals surface area contributed by atoms with E-state index in [4.69, 9.17) is 0 Å². The van der Waals surface area contributed by atoms with Gasteiger partial charge in [0.1, 0.15) is 0 Å². The average Bonchev–Trinajstić information content (AvgIpc) is 2.44. The van der Waals surface area contributed by atoms with E-state index in [1.807, 2.05) is 0 Å². The molecule has 2 aliphatic heterocycles. The monoisotopic (exact) mass is 196 g/mol. The summed E-state index contributed by atoms with van der Waals surface area (Å²) in [6, 6.07) is 1.78. The summed E-state index contributed by atoms with van der Waals surface area (Å²) >= 11 is 0. The van der Waals surface area contributed by atoms with Crippen molar-refractivity contribution in [2.75, 3.05) is 26.2 Å². The van der Waals surface area contributed by atoms with Crippen LogP contribution in [0.25, 0.3) is 0 Å². The van der Waals surface area contributed by atoms with E-state index in [9.17, 15) is 0 Å². The Hall–Kier alpha value is -0.0800. The van der Waals surface area contributed by atoms with E-state index >= 15 is 0 Å². The van der Waals surface area contributed by atoms with Crippen molar-refractivity contribution in [2.45, 2.75) is 51.6 Å². The first-order valence-electron chi connectivity index (χ1n) is 6.33. The second kappa shape index (κ2) is 4.63. The van der Waals surface area contributed by atoms with Crippen LogP contribution in [0.4, 0.5) is 0 Å². The molecule has 2 nitrogen and oxygen atoms in total. The number of rotatable bonds is 4. The van der Waals surface area contributed by atoms with Crippen molar-refractivity contribution in [1.29, 1.82) is 0 Å². The topological polar surface area (TPSA) is 6.48 Å². The van der Waals surface area contributed by atoms with Gasteiger partial charge in [0.05, 0.1) is 0 Å². The molecule has 2 bridgehead atoms. The number of nitrogens with zero attached hydrogens (tertiary/aromatic N) is 2. The van der Waals surface area contributed by atoms with E-state index in [1.54, 1.807) is 0 Å². The molecule has 1 unspecified atom stereocenters. The van der Waals surface area contributed by atoms with Gasteiger partial charge in [-0.3, -0.25) is 4.90 Å². The van der Waals surface area contributed by atoms with E-state index in [0.29, 0.717) is 0 Å². The van der Waals surface area contributed by atoms with E-state index in [0.717, 1.165) is 12.1 Å². The number of fused-ring (bicyclic) bond motifs is 2. The molecule has 2 aliphatic rings. The molecule has 2 fully saturated rings. The third kappa shape index (κ3) is 1.96. The SMILES string of the molecule is CCCN1CC2CC[C@H](C1)N2CCC. The lowest BCUT2D eigenvalue weighted by atomic mass is 10.1. The van der Waals surface area contributed by atoms with Gasteiger partial charge < -0.3 is 4.90 Å². The van der Waals surface area contributed by atoms with Crippen LogP contribution in [0.5, 0.6) is 0 Å².